The molecule has 2 aliphatic rings. The molecule has 1 N–H and O–H groups in total. The summed E-state index contributed by atoms with van der Waals surface area (Å²) in [6, 6.07) is 5.76. The summed E-state index contributed by atoms with van der Waals surface area (Å²) >= 11 is 0. The van der Waals surface area contributed by atoms with E-state index in [2.05, 4.69) is 15.0 Å². The number of aliphatic carboxylic acids is 1. The number of amides is 1. The van der Waals surface area contributed by atoms with E-state index in [-0.39, 0.29) is 24.2 Å². The highest BCUT2D eigenvalue weighted by Gasteiger charge is 2.47. The third kappa shape index (κ3) is 5.98. The first kappa shape index (κ1) is 23.5. The third-order valence-electron chi connectivity index (χ3n) is 4.93. The van der Waals surface area contributed by atoms with Gasteiger partial charge in [-0.2, -0.15) is 13.2 Å². The average Bonchev–Trinajstić information content (AvgIpc) is 3.17. The summed E-state index contributed by atoms with van der Waals surface area (Å²) in [4.78, 5) is 36.0. The van der Waals surface area contributed by atoms with Crippen molar-refractivity contribution in [1.29, 1.82) is 0 Å². The first-order valence-electron chi connectivity index (χ1n) is 9.77. The Balaban J connectivity index is 0.000000360. The van der Waals surface area contributed by atoms with Gasteiger partial charge in [-0.25, -0.2) is 9.78 Å². The lowest BCUT2D eigenvalue weighted by atomic mass is 10.0. The number of ether oxygens (including phenoxy) is 2. The van der Waals surface area contributed by atoms with Crippen LogP contribution in [0.1, 0.15) is 29.0 Å². The van der Waals surface area contributed by atoms with Crippen LogP contribution >= 0.6 is 0 Å². The van der Waals surface area contributed by atoms with Gasteiger partial charge in [0, 0.05) is 25.2 Å². The SMILES string of the molecule is O=C(O)C(F)(F)F.O=C(c1cnccn1)N1C[C@@H](OCc2ccccn2)[C@H]2OCCC[C@H]21. The Labute approximate surface area is 181 Å². The summed E-state index contributed by atoms with van der Waals surface area (Å²) < 4.78 is 43.7. The number of alkyl halides is 3. The number of carboxylic acid groups (broad SMARTS) is 1. The number of carbonyl (C=O) groups excluding carboxylic acids is 1. The van der Waals surface area contributed by atoms with Gasteiger partial charge < -0.3 is 19.5 Å². The lowest BCUT2D eigenvalue weighted by Gasteiger charge is -2.31. The van der Waals surface area contributed by atoms with E-state index in [0.29, 0.717) is 25.5 Å². The molecule has 0 saturated carbocycles. The van der Waals surface area contributed by atoms with E-state index >= 15 is 0 Å². The van der Waals surface area contributed by atoms with Gasteiger partial charge in [-0.3, -0.25) is 14.8 Å². The molecule has 0 bridgehead atoms. The highest BCUT2D eigenvalue weighted by molar-refractivity contribution is 5.92. The molecule has 0 aliphatic carbocycles. The van der Waals surface area contributed by atoms with Crippen molar-refractivity contribution in [3.8, 4) is 0 Å². The Morgan fingerprint density at radius 2 is 2.00 bits per heavy atom. The van der Waals surface area contributed by atoms with Crippen LogP contribution in [-0.2, 0) is 20.9 Å². The number of hydrogen-bond donors (Lipinski definition) is 1. The molecule has 2 aromatic heterocycles. The molecule has 32 heavy (non-hydrogen) atoms. The standard InChI is InChI=1S/C18H20N4O3.C2HF3O2/c23-18(14-10-19-7-8-21-14)22-11-16(17-15(22)5-3-9-24-17)25-12-13-4-1-2-6-20-13;3-2(4,5)1(6)7/h1-2,4,6-8,10,15-17H,3,5,9,11-12H2;(H,6,7)/t15-,16-,17+;/m1./s1. The first-order chi connectivity index (χ1) is 15.3. The van der Waals surface area contributed by atoms with Crippen molar-refractivity contribution in [2.45, 2.75) is 43.9 Å². The summed E-state index contributed by atoms with van der Waals surface area (Å²) in [6.07, 6.45) is 2.86. The number of carboxylic acids is 1. The molecular weight excluding hydrogens is 433 g/mol. The van der Waals surface area contributed by atoms with Crippen LogP contribution < -0.4 is 0 Å². The zero-order chi connectivity index (χ0) is 23.1. The van der Waals surface area contributed by atoms with Crippen LogP contribution in [0.4, 0.5) is 13.2 Å². The van der Waals surface area contributed by atoms with E-state index in [0.717, 1.165) is 18.5 Å². The lowest BCUT2D eigenvalue weighted by Crippen LogP contribution is -2.44. The molecule has 4 rings (SSSR count). The Kier molecular flexibility index (Phi) is 7.70. The second-order valence-corrected chi connectivity index (χ2v) is 7.07. The molecule has 0 radical (unpaired) electrons. The largest absolute Gasteiger partial charge is 0.490 e. The van der Waals surface area contributed by atoms with Crippen molar-refractivity contribution in [2.75, 3.05) is 13.2 Å². The predicted octanol–water partition coefficient (Wildman–Crippen LogP) is 2.09. The maximum absolute atomic E-state index is 12.8. The molecular formula is C20H21F3N4O5. The van der Waals surface area contributed by atoms with Gasteiger partial charge in [0.1, 0.15) is 17.9 Å². The molecule has 2 saturated heterocycles. The molecule has 4 heterocycles. The number of rotatable bonds is 4. The van der Waals surface area contributed by atoms with Gasteiger partial charge in [0.25, 0.3) is 5.91 Å². The molecule has 9 nitrogen and oxygen atoms in total. The normalized spacial score (nSPS) is 22.5. The fourth-order valence-electron chi connectivity index (χ4n) is 3.52. The fourth-order valence-corrected chi connectivity index (χ4v) is 3.52. The fraction of sp³-hybridized carbons (Fsp3) is 0.450. The second kappa shape index (κ2) is 10.5. The Bertz CT molecular complexity index is 901. The number of likely N-dealkylation sites (tertiary alicyclic amines) is 1. The molecule has 0 aromatic carbocycles. The van der Waals surface area contributed by atoms with Crippen LogP contribution in [0, 0.1) is 0 Å². The quantitative estimate of drug-likeness (QED) is 0.747. The molecule has 1 amide bonds. The van der Waals surface area contributed by atoms with Crippen LogP contribution in [0.3, 0.4) is 0 Å². The summed E-state index contributed by atoms with van der Waals surface area (Å²) in [6.45, 7) is 1.61. The predicted molar refractivity (Wildman–Crippen MR) is 102 cm³/mol. The summed E-state index contributed by atoms with van der Waals surface area (Å²) in [5.74, 6) is -2.87. The van der Waals surface area contributed by atoms with Gasteiger partial charge in [-0.1, -0.05) is 6.07 Å². The number of halogens is 3. The zero-order valence-corrected chi connectivity index (χ0v) is 16.8. The van der Waals surface area contributed by atoms with Crippen LogP contribution in [0.25, 0.3) is 0 Å². The second-order valence-electron chi connectivity index (χ2n) is 7.07. The van der Waals surface area contributed by atoms with Gasteiger partial charge in [-0.15, -0.1) is 0 Å². The molecule has 0 unspecified atom stereocenters. The number of fused-ring (bicyclic) bond motifs is 1. The van der Waals surface area contributed by atoms with Crippen molar-refractivity contribution in [3.05, 3.63) is 54.4 Å². The van der Waals surface area contributed by atoms with E-state index in [1.165, 1.54) is 12.4 Å². The average molecular weight is 454 g/mol. The highest BCUT2D eigenvalue weighted by Crippen LogP contribution is 2.32. The van der Waals surface area contributed by atoms with Crippen molar-refractivity contribution >= 4 is 11.9 Å². The van der Waals surface area contributed by atoms with Gasteiger partial charge in [-0.05, 0) is 25.0 Å². The Hall–Kier alpha value is -3.12. The maximum atomic E-state index is 12.8. The minimum atomic E-state index is -5.08. The van der Waals surface area contributed by atoms with Crippen LogP contribution in [-0.4, -0.2) is 74.4 Å². The smallest absolute Gasteiger partial charge is 0.475 e. The topological polar surface area (TPSA) is 115 Å². The summed E-state index contributed by atoms with van der Waals surface area (Å²) in [7, 11) is 0. The zero-order valence-electron chi connectivity index (χ0n) is 16.8. The lowest BCUT2D eigenvalue weighted by molar-refractivity contribution is -0.192. The van der Waals surface area contributed by atoms with Crippen molar-refractivity contribution in [2.24, 2.45) is 0 Å². The molecule has 2 aliphatic heterocycles. The molecule has 12 heteroatoms. The molecule has 2 fully saturated rings. The van der Waals surface area contributed by atoms with E-state index in [4.69, 9.17) is 19.4 Å². The van der Waals surface area contributed by atoms with Crippen molar-refractivity contribution < 1.29 is 37.3 Å². The van der Waals surface area contributed by atoms with E-state index in [9.17, 15) is 18.0 Å². The minimum absolute atomic E-state index is 0.0250. The third-order valence-corrected chi connectivity index (χ3v) is 4.93. The highest BCUT2D eigenvalue weighted by atomic mass is 19.4. The number of hydrogen-bond acceptors (Lipinski definition) is 7. The monoisotopic (exact) mass is 454 g/mol. The Morgan fingerprint density at radius 3 is 2.62 bits per heavy atom. The molecule has 0 spiro atoms. The van der Waals surface area contributed by atoms with Gasteiger partial charge in [0.2, 0.25) is 0 Å². The minimum Gasteiger partial charge on any atom is -0.475 e. The van der Waals surface area contributed by atoms with Gasteiger partial charge in [0.05, 0.1) is 31.1 Å². The number of pyridine rings is 1. The van der Waals surface area contributed by atoms with Crippen molar-refractivity contribution in [1.82, 2.24) is 19.9 Å². The summed E-state index contributed by atoms with van der Waals surface area (Å²) in [5.41, 5.74) is 1.23. The molecule has 2 aromatic rings. The van der Waals surface area contributed by atoms with Gasteiger partial charge >= 0.3 is 12.1 Å². The number of carbonyl (C=O) groups is 2. The maximum Gasteiger partial charge on any atom is 0.490 e. The first-order valence-corrected chi connectivity index (χ1v) is 9.77. The Morgan fingerprint density at radius 1 is 1.22 bits per heavy atom. The molecule has 3 atom stereocenters. The van der Waals surface area contributed by atoms with Crippen LogP contribution in [0.15, 0.2) is 43.0 Å². The van der Waals surface area contributed by atoms with Crippen LogP contribution in [0.2, 0.25) is 0 Å². The van der Waals surface area contributed by atoms with Crippen molar-refractivity contribution in [3.63, 3.8) is 0 Å². The van der Waals surface area contributed by atoms with E-state index in [1.54, 1.807) is 12.4 Å². The molecule has 172 valence electrons. The summed E-state index contributed by atoms with van der Waals surface area (Å²) in [5, 5.41) is 7.12. The van der Waals surface area contributed by atoms with E-state index < -0.39 is 12.1 Å². The van der Waals surface area contributed by atoms with Crippen LogP contribution in [0.5, 0.6) is 0 Å². The number of aromatic nitrogens is 3. The van der Waals surface area contributed by atoms with E-state index in [1.807, 2.05) is 23.1 Å². The van der Waals surface area contributed by atoms with Gasteiger partial charge in [0.15, 0.2) is 0 Å². The number of nitrogens with zero attached hydrogens (tertiary/aromatic N) is 4.